The molecule has 2 aliphatic carbocycles. The third kappa shape index (κ3) is 11.8. The van der Waals surface area contributed by atoms with Crippen LogP contribution in [0.4, 0.5) is 0 Å². The lowest BCUT2D eigenvalue weighted by Gasteiger charge is -2.37. The zero-order valence-electron chi connectivity index (χ0n) is 21.1. The number of halogens is 6. The molecule has 2 amide bonds. The van der Waals surface area contributed by atoms with E-state index < -0.39 is 19.4 Å². The summed E-state index contributed by atoms with van der Waals surface area (Å²) in [5.74, 6) is 0.398. The Morgan fingerprint density at radius 3 is 0.941 bits per heavy atom. The van der Waals surface area contributed by atoms with Crippen LogP contribution in [0.3, 0.4) is 0 Å². The van der Waals surface area contributed by atoms with Gasteiger partial charge in [-0.2, -0.15) is 0 Å². The maximum Gasteiger partial charge on any atom is 0.272 e. The van der Waals surface area contributed by atoms with E-state index in [4.69, 9.17) is 69.6 Å². The van der Waals surface area contributed by atoms with Gasteiger partial charge in [0.25, 0.3) is 19.4 Å². The molecular weight excluding hydrogens is 561 g/mol. The first-order chi connectivity index (χ1) is 15.2. The fraction of sp³-hybridized carbons (Fsp3) is 0.917. The standard InChI is InChI=1S/2C12H20Cl3NO/c2*1-11(2,3)8-4-6-9(7-5-8)16-10(17)12(13,14)15/h2*8-9H,4-7H2,1-3H3,(H,16,17). The van der Waals surface area contributed by atoms with Crippen LogP contribution in [-0.4, -0.2) is 31.5 Å². The second kappa shape index (κ2) is 13.0. The average molecular weight is 601 g/mol. The number of carbonyl (C=O) groups is 2. The van der Waals surface area contributed by atoms with E-state index in [1.54, 1.807) is 0 Å². The summed E-state index contributed by atoms with van der Waals surface area (Å²) < 4.78 is -3.69. The van der Waals surface area contributed by atoms with Crippen LogP contribution in [0.1, 0.15) is 92.9 Å². The molecule has 2 N–H and O–H groups in total. The molecule has 10 heteroatoms. The second-order valence-corrected chi connectivity index (χ2v) is 16.3. The third-order valence-electron chi connectivity index (χ3n) is 7.09. The Kier molecular flexibility index (Phi) is 12.5. The van der Waals surface area contributed by atoms with Crippen molar-refractivity contribution in [3.05, 3.63) is 0 Å². The summed E-state index contributed by atoms with van der Waals surface area (Å²) in [6.45, 7) is 13.6. The van der Waals surface area contributed by atoms with E-state index in [0.717, 1.165) is 51.4 Å². The topological polar surface area (TPSA) is 58.2 Å². The van der Waals surface area contributed by atoms with Crippen molar-refractivity contribution in [1.82, 2.24) is 10.6 Å². The highest BCUT2D eigenvalue weighted by molar-refractivity contribution is 6.76. The molecule has 0 aromatic heterocycles. The van der Waals surface area contributed by atoms with E-state index >= 15 is 0 Å². The molecule has 0 atom stereocenters. The van der Waals surface area contributed by atoms with E-state index in [0.29, 0.717) is 22.7 Å². The first-order valence-electron chi connectivity index (χ1n) is 12.0. The molecular formula is C24H40Cl6N2O2. The number of nitrogens with one attached hydrogen (secondary N) is 2. The van der Waals surface area contributed by atoms with Gasteiger partial charge in [0, 0.05) is 12.1 Å². The number of amides is 2. The molecule has 2 rings (SSSR count). The molecule has 0 aromatic rings. The van der Waals surface area contributed by atoms with Gasteiger partial charge in [-0.25, -0.2) is 0 Å². The van der Waals surface area contributed by atoms with Gasteiger partial charge in [0.05, 0.1) is 0 Å². The Morgan fingerprint density at radius 1 is 0.529 bits per heavy atom. The summed E-state index contributed by atoms with van der Waals surface area (Å²) in [5.41, 5.74) is 0.675. The predicted molar refractivity (Wildman–Crippen MR) is 147 cm³/mol. The number of rotatable bonds is 2. The molecule has 2 aliphatic rings. The van der Waals surface area contributed by atoms with E-state index in [2.05, 4.69) is 52.2 Å². The van der Waals surface area contributed by atoms with Crippen molar-refractivity contribution in [2.75, 3.05) is 0 Å². The first-order valence-corrected chi connectivity index (χ1v) is 14.2. The summed E-state index contributed by atoms with van der Waals surface area (Å²) >= 11 is 33.1. The van der Waals surface area contributed by atoms with Crippen molar-refractivity contribution < 1.29 is 9.59 Å². The molecule has 2 fully saturated rings. The lowest BCUT2D eigenvalue weighted by atomic mass is 9.71. The highest BCUT2D eigenvalue weighted by Crippen LogP contribution is 2.39. The number of hydrogen-bond acceptors (Lipinski definition) is 2. The summed E-state index contributed by atoms with van der Waals surface area (Å²) in [5, 5.41) is 5.59. The van der Waals surface area contributed by atoms with Crippen molar-refractivity contribution in [3.8, 4) is 0 Å². The highest BCUT2D eigenvalue weighted by Gasteiger charge is 2.36. The smallest absolute Gasteiger partial charge is 0.272 e. The van der Waals surface area contributed by atoms with Gasteiger partial charge in [0.15, 0.2) is 0 Å². The molecule has 34 heavy (non-hydrogen) atoms. The molecule has 0 radical (unpaired) electrons. The third-order valence-corrected chi connectivity index (χ3v) is 8.12. The average Bonchev–Trinajstić information content (AvgIpc) is 2.66. The monoisotopic (exact) mass is 598 g/mol. The van der Waals surface area contributed by atoms with Gasteiger partial charge in [-0.05, 0) is 74.0 Å². The van der Waals surface area contributed by atoms with Crippen molar-refractivity contribution in [2.45, 2.75) is 113 Å². The number of carbonyl (C=O) groups excluding carboxylic acids is 2. The molecule has 0 unspecified atom stereocenters. The molecule has 0 aliphatic heterocycles. The van der Waals surface area contributed by atoms with Gasteiger partial charge >= 0.3 is 0 Å². The van der Waals surface area contributed by atoms with Gasteiger partial charge in [-0.15, -0.1) is 0 Å². The fourth-order valence-corrected chi connectivity index (χ4v) is 5.07. The summed E-state index contributed by atoms with van der Waals surface area (Å²) in [6.07, 6.45) is 8.34. The lowest BCUT2D eigenvalue weighted by Crippen LogP contribution is -2.44. The highest BCUT2D eigenvalue weighted by atomic mass is 35.6. The quantitative estimate of drug-likeness (QED) is 0.314. The van der Waals surface area contributed by atoms with Gasteiger partial charge in [0.1, 0.15) is 0 Å². The van der Waals surface area contributed by atoms with Crippen molar-refractivity contribution in [1.29, 1.82) is 0 Å². The Morgan fingerprint density at radius 2 is 0.765 bits per heavy atom. The normalized spacial score (nSPS) is 26.7. The van der Waals surface area contributed by atoms with Gasteiger partial charge in [-0.1, -0.05) is 111 Å². The molecule has 0 aromatic carbocycles. The van der Waals surface area contributed by atoms with Crippen LogP contribution in [0.5, 0.6) is 0 Å². The predicted octanol–water partition coefficient (Wildman–Crippen LogP) is 8.16. The zero-order chi connectivity index (χ0) is 26.5. The van der Waals surface area contributed by atoms with Crippen molar-refractivity contribution in [2.24, 2.45) is 22.7 Å². The zero-order valence-corrected chi connectivity index (χ0v) is 25.6. The Bertz CT molecular complexity index is 603. The minimum absolute atomic E-state index is 0.150. The molecule has 0 heterocycles. The van der Waals surface area contributed by atoms with E-state index in [-0.39, 0.29) is 12.1 Å². The molecule has 4 nitrogen and oxygen atoms in total. The minimum Gasteiger partial charge on any atom is -0.350 e. The van der Waals surface area contributed by atoms with Crippen LogP contribution in [0.25, 0.3) is 0 Å². The molecule has 0 spiro atoms. The van der Waals surface area contributed by atoms with E-state index in [9.17, 15) is 9.59 Å². The van der Waals surface area contributed by atoms with Gasteiger partial charge in [0.2, 0.25) is 0 Å². The van der Waals surface area contributed by atoms with Crippen LogP contribution >= 0.6 is 69.6 Å². The van der Waals surface area contributed by atoms with Crippen LogP contribution in [-0.2, 0) is 9.59 Å². The Hall–Kier alpha value is 0.680. The van der Waals surface area contributed by atoms with Crippen molar-refractivity contribution in [3.63, 3.8) is 0 Å². The number of hydrogen-bond donors (Lipinski definition) is 2. The SMILES string of the molecule is CC(C)(C)C1CCC(NC(=O)C(Cl)(Cl)Cl)CC1.CC(C)(C)C1CCC(NC(=O)C(Cl)(Cl)Cl)CC1. The van der Waals surface area contributed by atoms with E-state index in [1.807, 2.05) is 0 Å². The second-order valence-electron chi connectivity index (χ2n) is 11.8. The lowest BCUT2D eigenvalue weighted by molar-refractivity contribution is -0.122. The first kappa shape index (κ1) is 32.7. The maximum atomic E-state index is 11.5. The van der Waals surface area contributed by atoms with Crippen LogP contribution in [0.15, 0.2) is 0 Å². The molecule has 2 saturated carbocycles. The summed E-state index contributed by atoms with van der Waals surface area (Å²) in [7, 11) is 0. The molecule has 0 bridgehead atoms. The minimum atomic E-state index is -1.85. The van der Waals surface area contributed by atoms with Crippen LogP contribution in [0.2, 0.25) is 0 Å². The van der Waals surface area contributed by atoms with Crippen LogP contribution < -0.4 is 10.6 Å². The Labute approximate surface area is 235 Å². The summed E-state index contributed by atoms with van der Waals surface area (Å²) in [6, 6.07) is 0.299. The summed E-state index contributed by atoms with van der Waals surface area (Å²) in [4.78, 5) is 23.0. The molecule has 200 valence electrons. The van der Waals surface area contributed by atoms with Crippen molar-refractivity contribution >= 4 is 81.4 Å². The largest absolute Gasteiger partial charge is 0.350 e. The van der Waals surface area contributed by atoms with E-state index in [1.165, 1.54) is 0 Å². The van der Waals surface area contributed by atoms with Gasteiger partial charge < -0.3 is 10.6 Å². The molecule has 0 saturated heterocycles. The Balaban J connectivity index is 0.000000340. The fourth-order valence-electron chi connectivity index (χ4n) is 4.74. The maximum absolute atomic E-state index is 11.5. The number of alkyl halides is 6. The van der Waals surface area contributed by atoms with Crippen LogP contribution in [0, 0.1) is 22.7 Å². The van der Waals surface area contributed by atoms with Gasteiger partial charge in [-0.3, -0.25) is 9.59 Å².